The normalized spacial score (nSPS) is 16.3. The maximum absolute atomic E-state index is 12.9. The van der Waals surface area contributed by atoms with Crippen molar-refractivity contribution in [1.29, 1.82) is 0 Å². The number of fused-ring (bicyclic) bond motifs is 1. The molecule has 0 bridgehead atoms. The molecule has 0 saturated carbocycles. The van der Waals surface area contributed by atoms with Crippen LogP contribution in [0.3, 0.4) is 0 Å². The van der Waals surface area contributed by atoms with Crippen LogP contribution in [0.2, 0.25) is 0 Å². The molecule has 5 heterocycles. The lowest BCUT2D eigenvalue weighted by Gasteiger charge is -2.22. The summed E-state index contributed by atoms with van der Waals surface area (Å²) in [4.78, 5) is 30.5. The van der Waals surface area contributed by atoms with Crippen molar-refractivity contribution in [3.63, 3.8) is 0 Å². The number of aromatic nitrogens is 5. The van der Waals surface area contributed by atoms with Crippen LogP contribution in [-0.2, 0) is 4.74 Å². The Balaban J connectivity index is 1.54. The van der Waals surface area contributed by atoms with E-state index in [0.29, 0.717) is 24.5 Å². The van der Waals surface area contributed by atoms with Crippen molar-refractivity contribution < 1.29 is 13.9 Å². The van der Waals surface area contributed by atoms with Gasteiger partial charge in [-0.2, -0.15) is 0 Å². The fraction of sp³-hybridized carbons (Fsp3) is 0.318. The van der Waals surface area contributed by atoms with E-state index in [1.165, 1.54) is 12.5 Å². The second kappa shape index (κ2) is 8.39. The fourth-order valence-electron chi connectivity index (χ4n) is 3.81. The van der Waals surface area contributed by atoms with Gasteiger partial charge in [0.1, 0.15) is 17.6 Å². The molecule has 1 amide bonds. The highest BCUT2D eigenvalue weighted by Gasteiger charge is 2.23. The molecule has 10 heteroatoms. The van der Waals surface area contributed by atoms with Crippen LogP contribution < -0.4 is 11.1 Å². The van der Waals surface area contributed by atoms with Crippen molar-refractivity contribution >= 4 is 17.4 Å². The van der Waals surface area contributed by atoms with Gasteiger partial charge in [0.15, 0.2) is 17.2 Å². The number of oxazole rings is 1. The molecule has 0 aromatic carbocycles. The van der Waals surface area contributed by atoms with Crippen LogP contribution in [0.25, 0.3) is 28.5 Å². The summed E-state index contributed by atoms with van der Waals surface area (Å²) >= 11 is 0. The molecule has 4 aromatic rings. The van der Waals surface area contributed by atoms with E-state index in [2.05, 4.69) is 25.3 Å². The lowest BCUT2D eigenvalue weighted by atomic mass is 10.1. The van der Waals surface area contributed by atoms with Crippen molar-refractivity contribution in [1.82, 2.24) is 29.7 Å². The zero-order valence-electron chi connectivity index (χ0n) is 17.6. The number of nitrogens with two attached hydrogens (primary N) is 1. The van der Waals surface area contributed by atoms with Gasteiger partial charge in [-0.25, -0.2) is 19.9 Å². The molecule has 0 aliphatic carbocycles. The molecule has 0 radical (unpaired) electrons. The molecule has 1 fully saturated rings. The summed E-state index contributed by atoms with van der Waals surface area (Å²) in [6.07, 6.45) is 9.70. The highest BCUT2D eigenvalue weighted by atomic mass is 16.5. The smallest absolute Gasteiger partial charge is 0.273 e. The highest BCUT2D eigenvalue weighted by Crippen LogP contribution is 2.30. The molecule has 164 valence electrons. The van der Waals surface area contributed by atoms with Gasteiger partial charge in [-0.3, -0.25) is 4.79 Å². The maximum Gasteiger partial charge on any atom is 0.273 e. The average Bonchev–Trinajstić information content (AvgIpc) is 3.48. The number of nitrogen functional groups attached to an aromatic ring is 1. The molecule has 3 N–H and O–H groups in total. The fourth-order valence-corrected chi connectivity index (χ4v) is 3.81. The van der Waals surface area contributed by atoms with Crippen LogP contribution in [0, 0.1) is 6.92 Å². The largest absolute Gasteiger partial charge is 0.443 e. The minimum atomic E-state index is -0.399. The van der Waals surface area contributed by atoms with E-state index in [1.807, 2.05) is 29.7 Å². The number of aryl methyl sites for hydroxylation is 1. The average molecular weight is 433 g/mol. The van der Waals surface area contributed by atoms with E-state index < -0.39 is 5.91 Å². The maximum atomic E-state index is 12.9. The number of carbonyl (C=O) groups excluding carboxylic acids is 1. The number of ether oxygens (including phenoxy) is 1. The van der Waals surface area contributed by atoms with Gasteiger partial charge in [-0.15, -0.1) is 0 Å². The summed E-state index contributed by atoms with van der Waals surface area (Å²) in [5.41, 5.74) is 9.48. The van der Waals surface area contributed by atoms with Gasteiger partial charge in [-0.05, 0) is 38.3 Å². The predicted octanol–water partition coefficient (Wildman–Crippen LogP) is 2.64. The molecule has 1 aliphatic rings. The molecule has 1 aliphatic heterocycles. The van der Waals surface area contributed by atoms with Crippen LogP contribution >= 0.6 is 0 Å². The van der Waals surface area contributed by atoms with E-state index in [4.69, 9.17) is 14.9 Å². The molecule has 0 spiro atoms. The van der Waals surface area contributed by atoms with Crippen molar-refractivity contribution in [3.8, 4) is 22.8 Å². The zero-order valence-corrected chi connectivity index (χ0v) is 17.6. The molecule has 10 nitrogen and oxygen atoms in total. The van der Waals surface area contributed by atoms with Gasteiger partial charge in [0.2, 0.25) is 5.89 Å². The first-order valence-electron chi connectivity index (χ1n) is 10.5. The van der Waals surface area contributed by atoms with Gasteiger partial charge < -0.3 is 24.6 Å². The molecule has 4 aromatic heterocycles. The molecular formula is C22H23N7O3. The Bertz CT molecular complexity index is 1260. The minimum Gasteiger partial charge on any atom is -0.443 e. The van der Waals surface area contributed by atoms with Crippen LogP contribution in [0.1, 0.15) is 35.4 Å². The van der Waals surface area contributed by atoms with E-state index in [9.17, 15) is 4.79 Å². The van der Waals surface area contributed by atoms with Crippen LogP contribution in [-0.4, -0.2) is 49.5 Å². The molecular weight excluding hydrogens is 410 g/mol. The van der Waals surface area contributed by atoms with Crippen molar-refractivity contribution in [2.75, 3.05) is 18.9 Å². The first-order valence-corrected chi connectivity index (χ1v) is 10.5. The quantitative estimate of drug-likeness (QED) is 0.491. The highest BCUT2D eigenvalue weighted by molar-refractivity contribution is 5.97. The van der Waals surface area contributed by atoms with Gasteiger partial charge in [-0.1, -0.05) is 0 Å². The Labute approximate surface area is 183 Å². The number of rotatable bonds is 5. The Morgan fingerprint density at radius 2 is 2.16 bits per heavy atom. The number of hydrogen-bond donors (Lipinski definition) is 2. The van der Waals surface area contributed by atoms with Gasteiger partial charge in [0.05, 0.1) is 12.3 Å². The van der Waals surface area contributed by atoms with Gasteiger partial charge in [0, 0.05) is 36.8 Å². The number of pyridine rings is 1. The Hall–Kier alpha value is -3.79. The number of nitrogens with zero attached hydrogens (tertiary/aromatic N) is 5. The summed E-state index contributed by atoms with van der Waals surface area (Å²) < 4.78 is 13.1. The number of anilines is 1. The Kier molecular flexibility index (Phi) is 5.28. The summed E-state index contributed by atoms with van der Waals surface area (Å²) in [6.45, 7) is 3.07. The van der Waals surface area contributed by atoms with Crippen molar-refractivity contribution in [2.24, 2.45) is 0 Å². The minimum absolute atomic E-state index is 0.000399. The van der Waals surface area contributed by atoms with E-state index in [1.54, 1.807) is 6.20 Å². The number of hydrogen-bond acceptors (Lipinski definition) is 8. The standard InChI is InChI=1S/C22H23N7O3/c1-13-10-25-16-6-5-14(12-29(13)16)17-18(22-24-7-9-32-22)28-20(23)19(27-17)21(30)26-11-15-4-2-3-8-31-15/h5-7,9-10,12,15H,2-4,8,11H2,1H3,(H2,23,28)(H,26,30). The third-order valence-corrected chi connectivity index (χ3v) is 5.50. The third-order valence-electron chi connectivity index (χ3n) is 5.50. The van der Waals surface area contributed by atoms with Crippen LogP contribution in [0.5, 0.6) is 0 Å². The Morgan fingerprint density at radius 1 is 1.25 bits per heavy atom. The summed E-state index contributed by atoms with van der Waals surface area (Å²) in [6, 6.07) is 3.74. The molecule has 1 saturated heterocycles. The number of nitrogens with one attached hydrogen (secondary N) is 1. The number of carbonyl (C=O) groups is 1. The van der Waals surface area contributed by atoms with Crippen molar-refractivity contribution in [2.45, 2.75) is 32.3 Å². The van der Waals surface area contributed by atoms with Gasteiger partial charge in [0.25, 0.3) is 5.91 Å². The van der Waals surface area contributed by atoms with E-state index in [0.717, 1.165) is 36.2 Å². The van der Waals surface area contributed by atoms with Crippen molar-refractivity contribution in [3.05, 3.63) is 48.4 Å². The molecule has 5 rings (SSSR count). The summed E-state index contributed by atoms with van der Waals surface area (Å²) in [7, 11) is 0. The molecule has 32 heavy (non-hydrogen) atoms. The first kappa shape index (κ1) is 20.1. The first-order chi connectivity index (χ1) is 15.6. The topological polar surface area (TPSA) is 133 Å². The SMILES string of the molecule is Cc1cnc2ccc(-c3nc(C(=O)NCC4CCCCO4)c(N)nc3-c3ncco3)cn12. The predicted molar refractivity (Wildman–Crippen MR) is 117 cm³/mol. The van der Waals surface area contributed by atoms with Crippen LogP contribution in [0.4, 0.5) is 5.82 Å². The van der Waals surface area contributed by atoms with E-state index >= 15 is 0 Å². The number of imidazole rings is 1. The van der Waals surface area contributed by atoms with Gasteiger partial charge >= 0.3 is 0 Å². The zero-order chi connectivity index (χ0) is 22.1. The molecule has 1 atom stereocenters. The third kappa shape index (κ3) is 3.80. The monoisotopic (exact) mass is 433 g/mol. The lowest BCUT2D eigenvalue weighted by molar-refractivity contribution is 0.0168. The Morgan fingerprint density at radius 3 is 2.94 bits per heavy atom. The number of amides is 1. The lowest BCUT2D eigenvalue weighted by Crippen LogP contribution is -2.36. The van der Waals surface area contributed by atoms with Crippen LogP contribution in [0.15, 0.2) is 41.4 Å². The second-order valence-electron chi connectivity index (χ2n) is 7.74. The van der Waals surface area contributed by atoms with E-state index in [-0.39, 0.29) is 23.5 Å². The molecule has 1 unspecified atom stereocenters. The summed E-state index contributed by atoms with van der Waals surface area (Å²) in [5, 5.41) is 2.88. The summed E-state index contributed by atoms with van der Waals surface area (Å²) in [5.74, 6) is -0.127. The second-order valence-corrected chi connectivity index (χ2v) is 7.74.